The van der Waals surface area contributed by atoms with E-state index >= 15 is 0 Å². The quantitative estimate of drug-likeness (QED) is 0.353. The van der Waals surface area contributed by atoms with E-state index in [1.807, 2.05) is 66.2 Å². The third kappa shape index (κ3) is 4.19. The molecule has 8 nitrogen and oxygen atoms in total. The lowest BCUT2D eigenvalue weighted by molar-refractivity contribution is -0.121. The van der Waals surface area contributed by atoms with Crippen LogP contribution in [0.4, 0.5) is 5.82 Å². The Hall–Kier alpha value is -3.72. The van der Waals surface area contributed by atoms with Crippen molar-refractivity contribution in [1.82, 2.24) is 19.8 Å². The Labute approximate surface area is 194 Å². The molecule has 0 saturated carbocycles. The second-order valence-corrected chi connectivity index (χ2v) is 8.97. The van der Waals surface area contributed by atoms with Crippen LogP contribution in [0.2, 0.25) is 0 Å². The van der Waals surface area contributed by atoms with Gasteiger partial charge < -0.3 is 4.90 Å². The third-order valence-electron chi connectivity index (χ3n) is 5.75. The fourth-order valence-electron chi connectivity index (χ4n) is 4.17. The summed E-state index contributed by atoms with van der Waals surface area (Å²) in [6.45, 7) is 3.78. The fourth-order valence-corrected chi connectivity index (χ4v) is 5.06. The lowest BCUT2D eigenvalue weighted by Crippen LogP contribution is -2.27. The number of nitrogens with one attached hydrogen (secondary N) is 1. The van der Waals surface area contributed by atoms with E-state index in [1.54, 1.807) is 6.21 Å². The number of benzene rings is 2. The number of para-hydroxylation sites is 2. The predicted octanol–water partition coefficient (Wildman–Crippen LogP) is 3.31. The number of aromatic nitrogens is 3. The molecule has 0 aliphatic carbocycles. The second kappa shape index (κ2) is 9.03. The van der Waals surface area contributed by atoms with Gasteiger partial charge in [0.2, 0.25) is 0 Å². The van der Waals surface area contributed by atoms with E-state index in [0.717, 1.165) is 70.2 Å². The van der Waals surface area contributed by atoms with Crippen molar-refractivity contribution in [3.05, 3.63) is 75.5 Å². The summed E-state index contributed by atoms with van der Waals surface area (Å²) in [6, 6.07) is 17.5. The summed E-state index contributed by atoms with van der Waals surface area (Å²) in [6.07, 6.45) is 3.92. The van der Waals surface area contributed by atoms with Crippen LogP contribution in [0.5, 0.6) is 0 Å². The van der Waals surface area contributed by atoms with Crippen LogP contribution in [0, 0.1) is 6.92 Å². The van der Waals surface area contributed by atoms with Crippen molar-refractivity contribution in [3.8, 4) is 5.69 Å². The van der Waals surface area contributed by atoms with Crippen LogP contribution >= 0.6 is 11.3 Å². The molecule has 168 valence electrons. The Bertz CT molecular complexity index is 1380. The Kier molecular flexibility index (Phi) is 5.78. The minimum absolute atomic E-state index is 0.0819. The van der Waals surface area contributed by atoms with Gasteiger partial charge in [0.1, 0.15) is 12.4 Å². The predicted molar refractivity (Wildman–Crippen MR) is 132 cm³/mol. The highest BCUT2D eigenvalue weighted by Gasteiger charge is 2.23. The third-order valence-corrected chi connectivity index (χ3v) is 6.71. The van der Waals surface area contributed by atoms with Gasteiger partial charge in [-0.3, -0.25) is 14.2 Å². The van der Waals surface area contributed by atoms with Gasteiger partial charge in [-0.25, -0.2) is 10.1 Å². The number of carbonyl (C=O) groups excluding carboxylic acids is 1. The Balaban J connectivity index is 1.39. The van der Waals surface area contributed by atoms with Crippen molar-refractivity contribution >= 4 is 39.5 Å². The number of amides is 1. The first-order valence-corrected chi connectivity index (χ1v) is 11.7. The number of hydrogen-bond acceptors (Lipinski definition) is 6. The van der Waals surface area contributed by atoms with Crippen LogP contribution < -0.4 is 15.2 Å². The molecule has 0 radical (unpaired) electrons. The van der Waals surface area contributed by atoms with Crippen molar-refractivity contribution in [2.45, 2.75) is 26.3 Å². The number of thiazole rings is 1. The summed E-state index contributed by atoms with van der Waals surface area (Å²) in [5.41, 5.74) is 6.02. The van der Waals surface area contributed by atoms with Gasteiger partial charge in [0, 0.05) is 13.1 Å². The average molecular weight is 461 g/mol. The lowest BCUT2D eigenvalue weighted by Gasteiger charge is -2.20. The lowest BCUT2D eigenvalue weighted by atomic mass is 10.2. The van der Waals surface area contributed by atoms with E-state index in [4.69, 9.17) is 5.10 Å². The molecule has 2 aromatic carbocycles. The van der Waals surface area contributed by atoms with Crippen LogP contribution in [0.1, 0.15) is 24.1 Å². The molecule has 1 N–H and O–H groups in total. The van der Waals surface area contributed by atoms with Crippen molar-refractivity contribution in [1.29, 1.82) is 0 Å². The molecule has 4 aromatic rings. The molecular weight excluding hydrogens is 436 g/mol. The van der Waals surface area contributed by atoms with E-state index in [0.29, 0.717) is 0 Å². The fraction of sp³-hybridized carbons (Fsp3) is 0.250. The molecule has 1 amide bonds. The number of nitrogens with zero attached hydrogens (tertiary/aromatic N) is 5. The van der Waals surface area contributed by atoms with E-state index in [1.165, 1.54) is 4.57 Å². The molecule has 2 aromatic heterocycles. The molecule has 1 aliphatic heterocycles. The van der Waals surface area contributed by atoms with E-state index < -0.39 is 0 Å². The molecule has 33 heavy (non-hydrogen) atoms. The largest absolute Gasteiger partial charge is 0.356 e. The molecule has 5 rings (SSSR count). The SMILES string of the molecule is Cc1nn(-c2ccccc2)c(N2CCCC2)c1/C=N/NC(=O)Cn1c(=O)sc2ccccc21. The molecule has 0 spiro atoms. The van der Waals surface area contributed by atoms with Gasteiger partial charge in [-0.05, 0) is 44.0 Å². The van der Waals surface area contributed by atoms with Gasteiger partial charge in [-0.15, -0.1) is 0 Å². The normalized spacial score (nSPS) is 13.9. The molecule has 0 unspecified atom stereocenters. The molecule has 1 saturated heterocycles. The highest BCUT2D eigenvalue weighted by atomic mass is 32.1. The number of carbonyl (C=O) groups is 1. The maximum Gasteiger partial charge on any atom is 0.308 e. The summed E-state index contributed by atoms with van der Waals surface area (Å²) in [7, 11) is 0. The average Bonchev–Trinajstić information content (AvgIpc) is 3.53. The monoisotopic (exact) mass is 460 g/mol. The number of fused-ring (bicyclic) bond motifs is 1. The number of anilines is 1. The van der Waals surface area contributed by atoms with E-state index in [-0.39, 0.29) is 17.3 Å². The molecule has 1 aliphatic rings. The summed E-state index contributed by atoms with van der Waals surface area (Å²) < 4.78 is 4.28. The van der Waals surface area contributed by atoms with Gasteiger partial charge in [-0.1, -0.05) is 41.7 Å². The van der Waals surface area contributed by atoms with Crippen molar-refractivity contribution in [3.63, 3.8) is 0 Å². The van der Waals surface area contributed by atoms with Gasteiger partial charge in [0.05, 0.1) is 33.4 Å². The smallest absolute Gasteiger partial charge is 0.308 e. The van der Waals surface area contributed by atoms with Crippen LogP contribution in [0.25, 0.3) is 15.9 Å². The van der Waals surface area contributed by atoms with Crippen LogP contribution in [-0.4, -0.2) is 39.6 Å². The standard InChI is InChI=1S/C24H24N6O2S/c1-17-19(23(28-13-7-8-14-28)30(27-17)18-9-3-2-4-10-18)15-25-26-22(31)16-29-20-11-5-6-12-21(20)33-24(29)32/h2-6,9-12,15H,7-8,13-14,16H2,1H3,(H,26,31)/b25-15+. The number of hydrogen-bond donors (Lipinski definition) is 1. The van der Waals surface area contributed by atoms with Crippen LogP contribution in [-0.2, 0) is 11.3 Å². The van der Waals surface area contributed by atoms with Gasteiger partial charge in [0.25, 0.3) is 5.91 Å². The number of rotatable bonds is 6. The number of hydrazone groups is 1. The molecule has 0 atom stereocenters. The maximum atomic E-state index is 12.5. The van der Waals surface area contributed by atoms with E-state index in [2.05, 4.69) is 15.4 Å². The topological polar surface area (TPSA) is 84.5 Å². The first-order chi connectivity index (χ1) is 16.1. The minimum atomic E-state index is -0.354. The zero-order valence-electron chi connectivity index (χ0n) is 18.3. The van der Waals surface area contributed by atoms with Gasteiger partial charge >= 0.3 is 4.87 Å². The Morgan fingerprint density at radius 3 is 2.64 bits per heavy atom. The first-order valence-electron chi connectivity index (χ1n) is 10.9. The molecule has 3 heterocycles. The van der Waals surface area contributed by atoms with Crippen molar-refractivity contribution < 1.29 is 4.79 Å². The van der Waals surface area contributed by atoms with Crippen molar-refractivity contribution in [2.75, 3.05) is 18.0 Å². The van der Waals surface area contributed by atoms with E-state index in [9.17, 15) is 9.59 Å². The zero-order chi connectivity index (χ0) is 22.8. The molecule has 0 bridgehead atoms. The second-order valence-electron chi connectivity index (χ2n) is 7.98. The minimum Gasteiger partial charge on any atom is -0.356 e. The van der Waals surface area contributed by atoms with Crippen molar-refractivity contribution in [2.24, 2.45) is 5.10 Å². The van der Waals surface area contributed by atoms with Crippen LogP contribution in [0.3, 0.4) is 0 Å². The summed E-state index contributed by atoms with van der Waals surface area (Å²) in [4.78, 5) is 27.0. The number of aryl methyl sites for hydroxylation is 1. The zero-order valence-corrected chi connectivity index (χ0v) is 19.1. The maximum absolute atomic E-state index is 12.5. The summed E-state index contributed by atoms with van der Waals surface area (Å²) in [5.74, 6) is 0.627. The molecular formula is C24H24N6O2S. The highest BCUT2D eigenvalue weighted by Crippen LogP contribution is 2.29. The molecule has 9 heteroatoms. The van der Waals surface area contributed by atoms with Crippen LogP contribution in [0.15, 0.2) is 64.5 Å². The Morgan fingerprint density at radius 1 is 1.12 bits per heavy atom. The van der Waals surface area contributed by atoms with Gasteiger partial charge in [-0.2, -0.15) is 10.2 Å². The molecule has 1 fully saturated rings. The Morgan fingerprint density at radius 2 is 1.85 bits per heavy atom. The van der Waals surface area contributed by atoms with Gasteiger partial charge in [0.15, 0.2) is 0 Å². The summed E-state index contributed by atoms with van der Waals surface area (Å²) in [5, 5.41) is 8.97. The highest BCUT2D eigenvalue weighted by molar-refractivity contribution is 7.16. The first kappa shape index (κ1) is 21.1. The summed E-state index contributed by atoms with van der Waals surface area (Å²) >= 11 is 1.13.